The summed E-state index contributed by atoms with van der Waals surface area (Å²) in [6, 6.07) is 3.77. The summed E-state index contributed by atoms with van der Waals surface area (Å²) in [5, 5.41) is 9.60. The molecule has 17 heavy (non-hydrogen) atoms. The lowest BCUT2D eigenvalue weighted by molar-refractivity contribution is 0.199. The molecule has 3 nitrogen and oxygen atoms in total. The van der Waals surface area contributed by atoms with E-state index in [1.165, 1.54) is 0 Å². The Kier molecular flexibility index (Phi) is 4.29. The third-order valence-corrected chi connectivity index (χ3v) is 2.65. The Balaban J connectivity index is 3.10. The molecule has 0 radical (unpaired) electrons. The van der Waals surface area contributed by atoms with Crippen LogP contribution in [0.4, 0.5) is 5.82 Å². The van der Waals surface area contributed by atoms with E-state index in [2.05, 4.69) is 37.2 Å². The highest BCUT2D eigenvalue weighted by molar-refractivity contribution is 5.44. The molecule has 1 atom stereocenters. The van der Waals surface area contributed by atoms with Gasteiger partial charge in [-0.3, -0.25) is 0 Å². The predicted molar refractivity (Wildman–Crippen MR) is 72.2 cm³/mol. The zero-order valence-electron chi connectivity index (χ0n) is 11.1. The number of aromatic nitrogens is 1. The number of rotatable bonds is 4. The second-order valence-electron chi connectivity index (χ2n) is 5.19. The Morgan fingerprint density at radius 1 is 1.53 bits per heavy atom. The van der Waals surface area contributed by atoms with E-state index in [9.17, 15) is 5.11 Å². The molecule has 3 heteroatoms. The largest absolute Gasteiger partial charge is 0.389 e. The molecule has 94 valence electrons. The second kappa shape index (κ2) is 5.32. The molecule has 1 aromatic heterocycles. The van der Waals surface area contributed by atoms with Crippen LogP contribution in [0, 0.1) is 0 Å². The highest BCUT2D eigenvalue weighted by Crippen LogP contribution is 2.24. The third kappa shape index (κ3) is 3.56. The van der Waals surface area contributed by atoms with E-state index < -0.39 is 6.10 Å². The molecule has 0 bridgehead atoms. The van der Waals surface area contributed by atoms with Gasteiger partial charge in [-0.25, -0.2) is 4.98 Å². The van der Waals surface area contributed by atoms with Crippen molar-refractivity contribution in [2.45, 2.75) is 39.3 Å². The maximum Gasteiger partial charge on any atom is 0.129 e. The Bertz CT molecular complexity index is 380. The fraction of sp³-hybridized carbons (Fsp3) is 0.500. The van der Waals surface area contributed by atoms with Crippen LogP contribution >= 0.6 is 0 Å². The summed E-state index contributed by atoms with van der Waals surface area (Å²) in [7, 11) is 0. The van der Waals surface area contributed by atoms with Gasteiger partial charge in [0.15, 0.2) is 0 Å². The van der Waals surface area contributed by atoms with Gasteiger partial charge in [0, 0.05) is 18.3 Å². The number of aliphatic hydroxyl groups excluding tert-OH is 1. The number of hydrogen-bond donors (Lipinski definition) is 1. The van der Waals surface area contributed by atoms with Crippen molar-refractivity contribution in [3.8, 4) is 0 Å². The van der Waals surface area contributed by atoms with Gasteiger partial charge in [-0.05, 0) is 45.4 Å². The first-order chi connectivity index (χ1) is 7.86. The minimum atomic E-state index is -0.470. The first-order valence-corrected chi connectivity index (χ1v) is 5.89. The van der Waals surface area contributed by atoms with Crippen molar-refractivity contribution < 1.29 is 5.11 Å². The van der Waals surface area contributed by atoms with E-state index in [4.69, 9.17) is 0 Å². The second-order valence-corrected chi connectivity index (χ2v) is 5.19. The SMILES string of the molecule is C=CCN(c1cc([C@H](C)O)ccn1)C(C)(C)C. The molecule has 0 fully saturated rings. The van der Waals surface area contributed by atoms with Gasteiger partial charge in [0.05, 0.1) is 6.10 Å². The normalized spacial score (nSPS) is 13.2. The molecule has 0 amide bonds. The number of pyridine rings is 1. The third-order valence-electron chi connectivity index (χ3n) is 2.65. The Hall–Kier alpha value is -1.35. The molecule has 0 aliphatic rings. The lowest BCUT2D eigenvalue weighted by Crippen LogP contribution is -2.42. The van der Waals surface area contributed by atoms with E-state index in [1.54, 1.807) is 13.1 Å². The average molecular weight is 234 g/mol. The van der Waals surface area contributed by atoms with E-state index in [0.29, 0.717) is 0 Å². The summed E-state index contributed by atoms with van der Waals surface area (Å²) in [6.45, 7) is 12.7. The van der Waals surface area contributed by atoms with Crippen LogP contribution in [0.25, 0.3) is 0 Å². The summed E-state index contributed by atoms with van der Waals surface area (Å²) >= 11 is 0. The van der Waals surface area contributed by atoms with Crippen LogP contribution in [-0.4, -0.2) is 22.2 Å². The van der Waals surface area contributed by atoms with Crippen molar-refractivity contribution >= 4 is 5.82 Å². The zero-order valence-corrected chi connectivity index (χ0v) is 11.1. The van der Waals surface area contributed by atoms with E-state index in [-0.39, 0.29) is 5.54 Å². The number of nitrogens with zero attached hydrogens (tertiary/aromatic N) is 2. The highest BCUT2D eigenvalue weighted by atomic mass is 16.3. The standard InChI is InChI=1S/C14H22N2O/c1-6-9-16(14(3,4)5)13-10-12(11(2)17)7-8-15-13/h6-8,10-11,17H,1,9H2,2-5H3/t11-/m0/s1. The van der Waals surface area contributed by atoms with Crippen LogP contribution in [0.1, 0.15) is 39.4 Å². The van der Waals surface area contributed by atoms with Gasteiger partial charge in [-0.1, -0.05) is 6.08 Å². The number of anilines is 1. The summed E-state index contributed by atoms with van der Waals surface area (Å²) in [6.07, 6.45) is 3.13. The molecule has 0 aromatic carbocycles. The fourth-order valence-electron chi connectivity index (χ4n) is 1.68. The van der Waals surface area contributed by atoms with Crippen molar-refractivity contribution in [1.82, 2.24) is 4.98 Å². The molecule has 1 heterocycles. The van der Waals surface area contributed by atoms with Gasteiger partial charge in [0.25, 0.3) is 0 Å². The van der Waals surface area contributed by atoms with Crippen LogP contribution in [-0.2, 0) is 0 Å². The first-order valence-electron chi connectivity index (χ1n) is 5.89. The van der Waals surface area contributed by atoms with E-state index in [0.717, 1.165) is 17.9 Å². The van der Waals surface area contributed by atoms with Crippen molar-refractivity contribution in [2.75, 3.05) is 11.4 Å². The molecule has 0 saturated heterocycles. The summed E-state index contributed by atoms with van der Waals surface area (Å²) in [5.41, 5.74) is 0.853. The monoisotopic (exact) mass is 234 g/mol. The fourth-order valence-corrected chi connectivity index (χ4v) is 1.68. The predicted octanol–water partition coefficient (Wildman–Crippen LogP) is 2.93. The van der Waals surface area contributed by atoms with E-state index in [1.807, 2.05) is 18.2 Å². The molecular weight excluding hydrogens is 212 g/mol. The topological polar surface area (TPSA) is 36.4 Å². The molecule has 1 aromatic rings. The van der Waals surface area contributed by atoms with E-state index >= 15 is 0 Å². The summed E-state index contributed by atoms with van der Waals surface area (Å²) < 4.78 is 0. The zero-order chi connectivity index (χ0) is 13.1. The maximum atomic E-state index is 9.60. The van der Waals surface area contributed by atoms with Gasteiger partial charge in [0.1, 0.15) is 5.82 Å². The Morgan fingerprint density at radius 3 is 2.65 bits per heavy atom. The molecule has 0 unspecified atom stereocenters. The highest BCUT2D eigenvalue weighted by Gasteiger charge is 2.21. The molecule has 0 aliphatic heterocycles. The van der Waals surface area contributed by atoms with Crippen LogP contribution < -0.4 is 4.90 Å². The molecule has 0 saturated carbocycles. The minimum Gasteiger partial charge on any atom is -0.389 e. The minimum absolute atomic E-state index is 0.0293. The van der Waals surface area contributed by atoms with Gasteiger partial charge >= 0.3 is 0 Å². The Labute approximate surface area is 104 Å². The molecule has 0 spiro atoms. The quantitative estimate of drug-likeness (QED) is 0.814. The first kappa shape index (κ1) is 13.7. The number of aliphatic hydroxyl groups is 1. The van der Waals surface area contributed by atoms with Gasteiger partial charge in [-0.2, -0.15) is 0 Å². The van der Waals surface area contributed by atoms with Crippen LogP contribution in [0.5, 0.6) is 0 Å². The van der Waals surface area contributed by atoms with Gasteiger partial charge < -0.3 is 10.0 Å². The van der Waals surface area contributed by atoms with Crippen molar-refractivity contribution in [3.05, 3.63) is 36.5 Å². The van der Waals surface area contributed by atoms with Crippen LogP contribution in [0.15, 0.2) is 31.0 Å². The molecular formula is C14H22N2O. The van der Waals surface area contributed by atoms with Crippen LogP contribution in [0.2, 0.25) is 0 Å². The molecule has 1 rings (SSSR count). The van der Waals surface area contributed by atoms with Crippen molar-refractivity contribution in [2.24, 2.45) is 0 Å². The van der Waals surface area contributed by atoms with Crippen LogP contribution in [0.3, 0.4) is 0 Å². The molecule has 0 aliphatic carbocycles. The Morgan fingerprint density at radius 2 is 2.18 bits per heavy atom. The lowest BCUT2D eigenvalue weighted by atomic mass is 10.1. The number of hydrogen-bond acceptors (Lipinski definition) is 3. The lowest BCUT2D eigenvalue weighted by Gasteiger charge is -2.36. The van der Waals surface area contributed by atoms with Gasteiger partial charge in [-0.15, -0.1) is 6.58 Å². The summed E-state index contributed by atoms with van der Waals surface area (Å²) in [4.78, 5) is 6.53. The van der Waals surface area contributed by atoms with Crippen molar-refractivity contribution in [3.63, 3.8) is 0 Å². The average Bonchev–Trinajstić information content (AvgIpc) is 2.24. The smallest absolute Gasteiger partial charge is 0.129 e. The summed E-state index contributed by atoms with van der Waals surface area (Å²) in [5.74, 6) is 0.871. The van der Waals surface area contributed by atoms with Crippen molar-refractivity contribution in [1.29, 1.82) is 0 Å². The van der Waals surface area contributed by atoms with Gasteiger partial charge in [0.2, 0.25) is 0 Å². The maximum absolute atomic E-state index is 9.60. The molecule has 1 N–H and O–H groups in total.